The average molecular weight is 228 g/mol. The molecule has 0 radical (unpaired) electrons. The molecule has 0 spiro atoms. The molecule has 0 bridgehead atoms. The summed E-state index contributed by atoms with van der Waals surface area (Å²) in [5, 5.41) is 8.31. The third-order valence-electron chi connectivity index (χ3n) is 1.84. The van der Waals surface area contributed by atoms with Crippen LogP contribution < -0.4 is 0 Å². The van der Waals surface area contributed by atoms with E-state index < -0.39 is 18.2 Å². The molecule has 1 heterocycles. The van der Waals surface area contributed by atoms with Gasteiger partial charge in [0, 0.05) is 6.42 Å². The number of carboxylic acid groups (broad SMARTS) is 1. The van der Waals surface area contributed by atoms with E-state index in [1.807, 2.05) is 12.2 Å². The molecule has 5 heteroatoms. The van der Waals surface area contributed by atoms with E-state index in [9.17, 15) is 9.18 Å². The van der Waals surface area contributed by atoms with Crippen molar-refractivity contribution in [3.63, 3.8) is 0 Å². The van der Waals surface area contributed by atoms with Gasteiger partial charge in [0.1, 0.15) is 6.17 Å². The van der Waals surface area contributed by atoms with Gasteiger partial charge in [-0.15, -0.1) is 0 Å². The van der Waals surface area contributed by atoms with Crippen molar-refractivity contribution in [2.24, 2.45) is 0 Å². The van der Waals surface area contributed by atoms with E-state index in [1.54, 1.807) is 12.2 Å². The molecule has 88 valence electrons. The largest absolute Gasteiger partial charge is 0.479 e. The second-order valence-electron chi connectivity index (χ2n) is 3.10. The topological polar surface area (TPSA) is 55.8 Å². The summed E-state index contributed by atoms with van der Waals surface area (Å²) in [5.41, 5.74) is 0. The van der Waals surface area contributed by atoms with Gasteiger partial charge in [0.25, 0.3) is 0 Å². The summed E-state index contributed by atoms with van der Waals surface area (Å²) < 4.78 is 21.3. The minimum Gasteiger partial charge on any atom is -0.479 e. The summed E-state index contributed by atoms with van der Waals surface area (Å²) in [5.74, 6) is -0.991. The highest BCUT2D eigenvalue weighted by atomic mass is 19.1. The number of hydrogen-bond donors (Lipinski definition) is 1. The van der Waals surface area contributed by atoms with Crippen molar-refractivity contribution >= 4 is 5.97 Å². The van der Waals surface area contributed by atoms with E-state index in [1.165, 1.54) is 12.3 Å². The Bertz CT molecular complexity index is 309. The average Bonchev–Trinajstić information content (AvgIpc) is 2.32. The van der Waals surface area contributed by atoms with Gasteiger partial charge < -0.3 is 14.6 Å². The number of alkyl halides is 1. The Balaban J connectivity index is 0.000000165. The Labute approximate surface area is 92.7 Å². The second-order valence-corrected chi connectivity index (χ2v) is 3.10. The fourth-order valence-corrected chi connectivity index (χ4v) is 1.04. The zero-order chi connectivity index (χ0) is 11.8. The second kappa shape index (κ2) is 6.79. The van der Waals surface area contributed by atoms with Crippen LogP contribution in [0.15, 0.2) is 36.6 Å². The lowest BCUT2D eigenvalue weighted by Crippen LogP contribution is -2.24. The van der Waals surface area contributed by atoms with E-state index in [4.69, 9.17) is 5.11 Å². The molecule has 2 unspecified atom stereocenters. The highest BCUT2D eigenvalue weighted by molar-refractivity contribution is 5.74. The molecule has 0 saturated carbocycles. The Morgan fingerprint density at radius 2 is 2.19 bits per heavy atom. The fourth-order valence-electron chi connectivity index (χ4n) is 1.04. The van der Waals surface area contributed by atoms with Crippen LogP contribution in [-0.2, 0) is 14.3 Å². The van der Waals surface area contributed by atoms with Crippen molar-refractivity contribution in [2.45, 2.75) is 18.7 Å². The van der Waals surface area contributed by atoms with Gasteiger partial charge >= 0.3 is 5.97 Å². The Hall–Kier alpha value is -1.62. The van der Waals surface area contributed by atoms with Gasteiger partial charge in [-0.25, -0.2) is 9.18 Å². The monoisotopic (exact) mass is 228 g/mol. The molecule has 0 aromatic rings. The van der Waals surface area contributed by atoms with E-state index in [0.717, 1.165) is 0 Å². The van der Waals surface area contributed by atoms with Gasteiger partial charge in [0.2, 0.25) is 0 Å². The molecule has 4 nitrogen and oxygen atoms in total. The van der Waals surface area contributed by atoms with Crippen LogP contribution >= 0.6 is 0 Å². The molecular weight excluding hydrogens is 215 g/mol. The van der Waals surface area contributed by atoms with Crippen molar-refractivity contribution in [3.8, 4) is 0 Å². The van der Waals surface area contributed by atoms with Crippen LogP contribution in [0.4, 0.5) is 4.39 Å². The molecule has 2 atom stereocenters. The van der Waals surface area contributed by atoms with Crippen LogP contribution in [0.3, 0.4) is 0 Å². The molecule has 0 aromatic carbocycles. The lowest BCUT2D eigenvalue weighted by molar-refractivity contribution is -0.155. The maximum Gasteiger partial charge on any atom is 0.337 e. The van der Waals surface area contributed by atoms with Crippen LogP contribution in [0.25, 0.3) is 0 Å². The zero-order valence-electron chi connectivity index (χ0n) is 8.58. The van der Waals surface area contributed by atoms with E-state index in [0.29, 0.717) is 6.42 Å². The predicted molar refractivity (Wildman–Crippen MR) is 55.4 cm³/mol. The molecule has 0 aromatic heterocycles. The first-order valence-electron chi connectivity index (χ1n) is 4.80. The SMILES string of the molecule is FC1C=CC=CC1.O=C(O)C1C=COCO1. The molecule has 1 aliphatic carbocycles. The molecule has 0 saturated heterocycles. The van der Waals surface area contributed by atoms with Crippen molar-refractivity contribution in [2.75, 3.05) is 6.79 Å². The van der Waals surface area contributed by atoms with Gasteiger partial charge in [-0.05, 0) is 6.08 Å². The van der Waals surface area contributed by atoms with Gasteiger partial charge in [-0.2, -0.15) is 0 Å². The van der Waals surface area contributed by atoms with Gasteiger partial charge in [0.05, 0.1) is 6.26 Å². The summed E-state index contributed by atoms with van der Waals surface area (Å²) in [4.78, 5) is 10.1. The summed E-state index contributed by atoms with van der Waals surface area (Å²) in [6.45, 7) is 0.0213. The Kier molecular flexibility index (Phi) is 5.28. The number of rotatable bonds is 1. The molecule has 1 N–H and O–H groups in total. The van der Waals surface area contributed by atoms with Crippen LogP contribution in [0.2, 0.25) is 0 Å². The minimum absolute atomic E-state index is 0.0213. The smallest absolute Gasteiger partial charge is 0.337 e. The first-order chi connectivity index (χ1) is 7.70. The van der Waals surface area contributed by atoms with Crippen LogP contribution in [0.1, 0.15) is 6.42 Å². The first kappa shape index (κ1) is 12.4. The molecule has 0 fully saturated rings. The molecule has 2 aliphatic rings. The van der Waals surface area contributed by atoms with Gasteiger partial charge in [0.15, 0.2) is 12.9 Å². The maximum atomic E-state index is 12.0. The summed E-state index contributed by atoms with van der Waals surface area (Å²) >= 11 is 0. The van der Waals surface area contributed by atoms with Crippen LogP contribution in [-0.4, -0.2) is 30.1 Å². The summed E-state index contributed by atoms with van der Waals surface area (Å²) in [6.07, 6.45) is 8.61. The Morgan fingerprint density at radius 3 is 2.50 bits per heavy atom. The van der Waals surface area contributed by atoms with Crippen LogP contribution in [0.5, 0.6) is 0 Å². The van der Waals surface area contributed by atoms with E-state index in [2.05, 4.69) is 9.47 Å². The summed E-state index contributed by atoms with van der Waals surface area (Å²) in [6, 6.07) is 0. The van der Waals surface area contributed by atoms with Crippen molar-refractivity contribution in [1.82, 2.24) is 0 Å². The molecule has 16 heavy (non-hydrogen) atoms. The lowest BCUT2D eigenvalue weighted by Gasteiger charge is -2.12. The van der Waals surface area contributed by atoms with Gasteiger partial charge in [-0.3, -0.25) is 0 Å². The van der Waals surface area contributed by atoms with E-state index in [-0.39, 0.29) is 6.79 Å². The number of allylic oxidation sites excluding steroid dienone is 4. The van der Waals surface area contributed by atoms with E-state index >= 15 is 0 Å². The normalized spacial score (nSPS) is 26.6. The quantitative estimate of drug-likeness (QED) is 0.743. The maximum absolute atomic E-state index is 12.0. The zero-order valence-corrected chi connectivity index (χ0v) is 8.58. The standard InChI is InChI=1S/C6H7F.C5H6O4/c7-6-4-2-1-3-5-6;6-5(7)4-1-2-8-3-9-4/h1-4,6H,5H2;1-2,4H,3H2,(H,6,7). The summed E-state index contributed by atoms with van der Waals surface area (Å²) in [7, 11) is 0. The number of halogens is 1. The number of aliphatic carboxylic acids is 1. The number of ether oxygens (including phenoxy) is 2. The first-order valence-corrected chi connectivity index (χ1v) is 4.80. The fraction of sp³-hybridized carbons (Fsp3) is 0.364. The molecule has 2 rings (SSSR count). The van der Waals surface area contributed by atoms with Gasteiger partial charge in [-0.1, -0.05) is 24.3 Å². The highest BCUT2D eigenvalue weighted by Gasteiger charge is 2.16. The molecular formula is C11H13FO4. The highest BCUT2D eigenvalue weighted by Crippen LogP contribution is 2.05. The number of carboxylic acids is 1. The van der Waals surface area contributed by atoms with Crippen LogP contribution in [0, 0.1) is 0 Å². The minimum atomic E-state index is -0.991. The third-order valence-corrected chi connectivity index (χ3v) is 1.84. The molecule has 0 amide bonds. The lowest BCUT2D eigenvalue weighted by atomic mass is 10.2. The third kappa shape index (κ3) is 4.75. The number of hydrogen-bond acceptors (Lipinski definition) is 3. The van der Waals surface area contributed by atoms with Crippen molar-refractivity contribution in [3.05, 3.63) is 36.6 Å². The van der Waals surface area contributed by atoms with Crippen molar-refractivity contribution in [1.29, 1.82) is 0 Å². The predicted octanol–water partition coefficient (Wildman–Crippen LogP) is 1.80. The molecule has 1 aliphatic heterocycles. The Morgan fingerprint density at radius 1 is 1.38 bits per heavy atom. The van der Waals surface area contributed by atoms with Crippen molar-refractivity contribution < 1.29 is 23.8 Å². The number of carbonyl (C=O) groups is 1.